The molecule has 0 aromatic rings. The summed E-state index contributed by atoms with van der Waals surface area (Å²) in [5.41, 5.74) is 0. The molecule has 1 N–H and O–H groups in total. The Kier molecular flexibility index (Phi) is 9.93. The maximum Gasteiger partial charge on any atom is 0.235 e. The number of piperidine rings is 1. The molecule has 0 aromatic heterocycles. The second-order valence-corrected chi connectivity index (χ2v) is 6.89. The molecule has 0 aromatic carbocycles. The van der Waals surface area contributed by atoms with Gasteiger partial charge in [0.05, 0.1) is 5.25 Å². The van der Waals surface area contributed by atoms with Crippen molar-refractivity contribution in [2.45, 2.75) is 38.9 Å². The molecule has 1 aliphatic rings. The molecule has 1 fully saturated rings. The van der Waals surface area contributed by atoms with Gasteiger partial charge in [0.15, 0.2) is 0 Å². The number of rotatable bonds is 6. The van der Waals surface area contributed by atoms with Crippen LogP contribution < -0.4 is 5.32 Å². The van der Waals surface area contributed by atoms with Gasteiger partial charge in [-0.1, -0.05) is 20.8 Å². The lowest BCUT2D eigenvalue weighted by molar-refractivity contribution is -0.133. The molecule has 1 saturated heterocycles. The highest BCUT2D eigenvalue weighted by Gasteiger charge is 2.30. The van der Waals surface area contributed by atoms with Crippen LogP contribution in [0, 0.1) is 11.8 Å². The van der Waals surface area contributed by atoms with Crippen molar-refractivity contribution in [1.82, 2.24) is 10.2 Å². The molecular weight excluding hydrogens is 280 g/mol. The molecule has 0 aliphatic carbocycles. The lowest BCUT2D eigenvalue weighted by atomic mass is 9.97. The first kappa shape index (κ1) is 19.1. The zero-order valence-corrected chi connectivity index (χ0v) is 14.3. The first-order chi connectivity index (χ1) is 8.60. The molecule has 0 bridgehead atoms. The Labute approximate surface area is 128 Å². The summed E-state index contributed by atoms with van der Waals surface area (Å²) >= 11 is 1.79. The number of nitrogens with zero attached hydrogens (tertiary/aromatic N) is 1. The van der Waals surface area contributed by atoms with Crippen molar-refractivity contribution in [1.29, 1.82) is 0 Å². The molecule has 1 heterocycles. The first-order valence-corrected chi connectivity index (χ1v) is 8.20. The van der Waals surface area contributed by atoms with Gasteiger partial charge in [0, 0.05) is 13.1 Å². The topological polar surface area (TPSA) is 32.3 Å². The van der Waals surface area contributed by atoms with Crippen molar-refractivity contribution in [2.24, 2.45) is 11.8 Å². The Hall–Kier alpha value is 0.0700. The minimum absolute atomic E-state index is 0. The summed E-state index contributed by atoms with van der Waals surface area (Å²) in [6, 6.07) is 0. The fraction of sp³-hybridized carbons (Fsp3) is 0.929. The predicted octanol–water partition coefficient (Wildman–Crippen LogP) is 2.64. The predicted molar refractivity (Wildman–Crippen MR) is 87.2 cm³/mol. The van der Waals surface area contributed by atoms with Crippen LogP contribution in [0.3, 0.4) is 0 Å². The minimum atomic E-state index is 0. The van der Waals surface area contributed by atoms with E-state index in [4.69, 9.17) is 0 Å². The van der Waals surface area contributed by atoms with E-state index in [9.17, 15) is 4.79 Å². The monoisotopic (exact) mass is 308 g/mol. The fourth-order valence-electron chi connectivity index (χ4n) is 2.63. The third kappa shape index (κ3) is 5.92. The van der Waals surface area contributed by atoms with Crippen LogP contribution in [0.4, 0.5) is 0 Å². The smallest absolute Gasteiger partial charge is 0.235 e. The molecule has 1 rings (SSSR count). The Balaban J connectivity index is 0.00000324. The molecule has 0 saturated carbocycles. The van der Waals surface area contributed by atoms with Gasteiger partial charge < -0.3 is 10.2 Å². The van der Waals surface area contributed by atoms with Crippen molar-refractivity contribution in [3.63, 3.8) is 0 Å². The summed E-state index contributed by atoms with van der Waals surface area (Å²) in [6.45, 7) is 9.35. The lowest BCUT2D eigenvalue weighted by Gasteiger charge is -2.35. The number of hydrogen-bond donors (Lipinski definition) is 1. The molecule has 1 aliphatic heterocycles. The van der Waals surface area contributed by atoms with Crippen molar-refractivity contribution in [3.8, 4) is 0 Å². The van der Waals surface area contributed by atoms with Gasteiger partial charge in [-0.05, 0) is 44.0 Å². The fourth-order valence-corrected chi connectivity index (χ4v) is 3.66. The van der Waals surface area contributed by atoms with E-state index >= 15 is 0 Å². The molecular formula is C14H29ClN2OS. The molecule has 0 spiro atoms. The van der Waals surface area contributed by atoms with E-state index in [1.807, 2.05) is 7.05 Å². The van der Waals surface area contributed by atoms with E-state index < -0.39 is 0 Å². The molecule has 0 radical (unpaired) electrons. The highest BCUT2D eigenvalue weighted by Crippen LogP contribution is 2.24. The molecule has 3 nitrogen and oxygen atoms in total. The van der Waals surface area contributed by atoms with Crippen molar-refractivity contribution in [3.05, 3.63) is 0 Å². The highest BCUT2D eigenvalue weighted by atomic mass is 35.5. The number of likely N-dealkylation sites (tertiary alicyclic amines) is 1. The van der Waals surface area contributed by atoms with E-state index in [0.717, 1.165) is 31.8 Å². The molecule has 114 valence electrons. The van der Waals surface area contributed by atoms with Gasteiger partial charge in [0.2, 0.25) is 5.91 Å². The van der Waals surface area contributed by atoms with Crippen LogP contribution in [0.2, 0.25) is 0 Å². The zero-order valence-electron chi connectivity index (χ0n) is 12.6. The van der Waals surface area contributed by atoms with Crippen molar-refractivity contribution in [2.75, 3.05) is 32.4 Å². The van der Waals surface area contributed by atoms with E-state index in [0.29, 0.717) is 17.7 Å². The van der Waals surface area contributed by atoms with Gasteiger partial charge in [0.1, 0.15) is 0 Å². The first-order valence-electron chi connectivity index (χ1n) is 7.15. The summed E-state index contributed by atoms with van der Waals surface area (Å²) in [5.74, 6) is 2.43. The number of carbonyl (C=O) groups excluding carboxylic acids is 1. The lowest BCUT2D eigenvalue weighted by Crippen LogP contribution is -2.47. The normalized spacial score (nSPS) is 21.1. The Bertz CT molecular complexity index is 262. The maximum atomic E-state index is 12.6. The zero-order chi connectivity index (χ0) is 13.5. The largest absolute Gasteiger partial charge is 0.341 e. The van der Waals surface area contributed by atoms with Gasteiger partial charge in [0.25, 0.3) is 0 Å². The van der Waals surface area contributed by atoms with Crippen molar-refractivity contribution < 1.29 is 4.79 Å². The number of halogens is 1. The van der Waals surface area contributed by atoms with E-state index in [1.54, 1.807) is 11.8 Å². The van der Waals surface area contributed by atoms with Crippen LogP contribution in [0.1, 0.15) is 33.6 Å². The van der Waals surface area contributed by atoms with Gasteiger partial charge in [-0.15, -0.1) is 24.2 Å². The Morgan fingerprint density at radius 2 is 2.16 bits per heavy atom. The van der Waals surface area contributed by atoms with Gasteiger partial charge in [-0.3, -0.25) is 4.79 Å². The molecule has 2 atom stereocenters. The summed E-state index contributed by atoms with van der Waals surface area (Å²) in [6.07, 6.45) is 2.40. The number of carbonyl (C=O) groups is 1. The summed E-state index contributed by atoms with van der Waals surface area (Å²) in [7, 11) is 1.99. The number of hydrogen-bond acceptors (Lipinski definition) is 3. The maximum absolute atomic E-state index is 12.6. The van der Waals surface area contributed by atoms with Crippen LogP contribution in [0.25, 0.3) is 0 Å². The highest BCUT2D eigenvalue weighted by molar-refractivity contribution is 8.00. The second-order valence-electron chi connectivity index (χ2n) is 5.47. The quantitative estimate of drug-likeness (QED) is 0.819. The number of nitrogens with one attached hydrogen (secondary N) is 1. The molecule has 5 heteroatoms. The third-order valence-electron chi connectivity index (χ3n) is 3.52. The van der Waals surface area contributed by atoms with Gasteiger partial charge in [-0.2, -0.15) is 0 Å². The standard InChI is InChI=1S/C14H28N2OS.ClH/c1-5-18-13(11(2)3)14(17)16-8-6-7-12(10-16)9-15-4;/h11-13,15H,5-10H2,1-4H3;1H. The molecule has 19 heavy (non-hydrogen) atoms. The van der Waals surface area contributed by atoms with Crippen LogP contribution in [-0.2, 0) is 4.79 Å². The number of thioether (sulfide) groups is 1. The molecule has 2 unspecified atom stereocenters. The summed E-state index contributed by atoms with van der Waals surface area (Å²) in [5, 5.41) is 3.37. The second kappa shape index (κ2) is 9.89. The van der Waals surface area contributed by atoms with Gasteiger partial charge in [-0.25, -0.2) is 0 Å². The third-order valence-corrected chi connectivity index (χ3v) is 4.96. The van der Waals surface area contributed by atoms with Crippen LogP contribution >= 0.6 is 24.2 Å². The minimum Gasteiger partial charge on any atom is -0.341 e. The number of amides is 1. The van der Waals surface area contributed by atoms with E-state index in [2.05, 4.69) is 31.0 Å². The van der Waals surface area contributed by atoms with E-state index in [-0.39, 0.29) is 17.7 Å². The molecule has 1 amide bonds. The summed E-state index contributed by atoms with van der Waals surface area (Å²) in [4.78, 5) is 14.7. The Morgan fingerprint density at radius 3 is 2.68 bits per heavy atom. The Morgan fingerprint density at radius 1 is 1.47 bits per heavy atom. The summed E-state index contributed by atoms with van der Waals surface area (Å²) < 4.78 is 0. The van der Waals surface area contributed by atoms with Crippen LogP contribution in [-0.4, -0.2) is 48.5 Å². The van der Waals surface area contributed by atoms with Crippen LogP contribution in [0.15, 0.2) is 0 Å². The SMILES string of the molecule is CCSC(C(=O)N1CCCC(CNC)C1)C(C)C.Cl. The van der Waals surface area contributed by atoms with Crippen molar-refractivity contribution >= 4 is 30.1 Å². The van der Waals surface area contributed by atoms with E-state index in [1.165, 1.54) is 6.42 Å². The van der Waals surface area contributed by atoms with Gasteiger partial charge >= 0.3 is 0 Å². The average Bonchev–Trinajstić information content (AvgIpc) is 2.35. The van der Waals surface area contributed by atoms with Crippen LogP contribution in [0.5, 0.6) is 0 Å². The average molecular weight is 309 g/mol.